The van der Waals surface area contributed by atoms with Crippen LogP contribution in [0.3, 0.4) is 0 Å². The molecule has 0 unspecified atom stereocenters. The van der Waals surface area contributed by atoms with Gasteiger partial charge in [-0.25, -0.2) is 0 Å². The first kappa shape index (κ1) is 11.7. The first-order chi connectivity index (χ1) is 8.70. The maximum atomic E-state index is 3.79. The van der Waals surface area contributed by atoms with Crippen LogP contribution in [0.5, 0.6) is 0 Å². The molecule has 0 nitrogen and oxygen atoms in total. The second-order valence-electron chi connectivity index (χ2n) is 4.96. The Hall–Kier alpha value is -1.34. The highest BCUT2D eigenvalue weighted by atomic mass is 79.9. The van der Waals surface area contributed by atoms with Gasteiger partial charge >= 0.3 is 0 Å². The highest BCUT2D eigenvalue weighted by Crippen LogP contribution is 2.49. The van der Waals surface area contributed by atoms with Crippen molar-refractivity contribution in [2.45, 2.75) is 19.8 Å². The van der Waals surface area contributed by atoms with Gasteiger partial charge in [-0.15, -0.1) is 0 Å². The number of hydrogen-bond donors (Lipinski definition) is 0. The van der Waals surface area contributed by atoms with E-state index >= 15 is 0 Å². The normalized spacial score (nSPS) is 13.1. The summed E-state index contributed by atoms with van der Waals surface area (Å²) in [5, 5.41) is 0. The molecule has 2 aromatic rings. The maximum Gasteiger partial charge on any atom is 0.0417 e. The van der Waals surface area contributed by atoms with Crippen molar-refractivity contribution in [1.29, 1.82) is 0 Å². The van der Waals surface area contributed by atoms with Gasteiger partial charge in [-0.1, -0.05) is 70.0 Å². The molecule has 0 bridgehead atoms. The first-order valence-electron chi connectivity index (χ1n) is 6.21. The average Bonchev–Trinajstić information content (AvgIpc) is 2.72. The molecule has 0 aromatic heterocycles. The summed E-state index contributed by atoms with van der Waals surface area (Å²) in [7, 11) is 0. The van der Waals surface area contributed by atoms with Crippen molar-refractivity contribution < 1.29 is 0 Å². The van der Waals surface area contributed by atoms with Crippen LogP contribution in [0.2, 0.25) is 0 Å². The fraction of sp³-hybridized carbons (Fsp3) is 0.176. The van der Waals surface area contributed by atoms with E-state index in [0.29, 0.717) is 5.92 Å². The molecule has 2 aromatic carbocycles. The zero-order valence-corrected chi connectivity index (χ0v) is 12.2. The Bertz CT molecular complexity index is 588. The zero-order chi connectivity index (χ0) is 12.7. The fourth-order valence-corrected chi connectivity index (χ4v) is 3.21. The largest absolute Gasteiger partial charge is 0.0653 e. The topological polar surface area (TPSA) is 0 Å². The van der Waals surface area contributed by atoms with Crippen LogP contribution in [0.4, 0.5) is 0 Å². The average molecular weight is 299 g/mol. The molecular formula is C17H15Br. The van der Waals surface area contributed by atoms with Crippen LogP contribution >= 0.6 is 15.9 Å². The lowest BCUT2D eigenvalue weighted by atomic mass is 9.95. The Kier molecular flexibility index (Phi) is 2.87. The van der Waals surface area contributed by atoms with E-state index < -0.39 is 0 Å². The second-order valence-corrected chi connectivity index (χ2v) is 5.81. The smallest absolute Gasteiger partial charge is 0.0417 e. The van der Waals surface area contributed by atoms with E-state index in [-0.39, 0.29) is 0 Å². The number of halogens is 1. The van der Waals surface area contributed by atoms with Crippen LogP contribution in [0.1, 0.15) is 30.9 Å². The Morgan fingerprint density at radius 3 is 1.72 bits per heavy atom. The lowest BCUT2D eigenvalue weighted by molar-refractivity contribution is 1.03. The molecule has 0 N–H and O–H groups in total. The zero-order valence-electron chi connectivity index (χ0n) is 10.6. The predicted molar refractivity (Wildman–Crippen MR) is 81.0 cm³/mol. The van der Waals surface area contributed by atoms with Crippen molar-refractivity contribution in [3.63, 3.8) is 0 Å². The van der Waals surface area contributed by atoms with Gasteiger partial charge in [-0.2, -0.15) is 0 Å². The van der Waals surface area contributed by atoms with Gasteiger partial charge < -0.3 is 0 Å². The molecule has 0 radical (unpaired) electrons. The van der Waals surface area contributed by atoms with E-state index in [9.17, 15) is 0 Å². The van der Waals surface area contributed by atoms with Crippen LogP contribution < -0.4 is 0 Å². The minimum absolute atomic E-state index is 0.363. The molecule has 90 valence electrons. The van der Waals surface area contributed by atoms with Crippen LogP contribution in [0.25, 0.3) is 11.1 Å². The van der Waals surface area contributed by atoms with Gasteiger partial charge in [0.15, 0.2) is 0 Å². The van der Waals surface area contributed by atoms with Crippen molar-refractivity contribution in [2.24, 2.45) is 0 Å². The molecular weight excluding hydrogens is 284 g/mol. The third-order valence-electron chi connectivity index (χ3n) is 3.56. The molecule has 0 atom stereocenters. The number of fused-ring (bicyclic) bond motifs is 3. The first-order valence-corrected chi connectivity index (χ1v) is 7.00. The van der Waals surface area contributed by atoms with E-state index in [1.807, 2.05) is 0 Å². The van der Waals surface area contributed by atoms with Crippen LogP contribution in [0.15, 0.2) is 58.6 Å². The molecule has 1 heteroatoms. The number of allylic oxidation sites excluding steroid dienone is 2. The van der Waals surface area contributed by atoms with E-state index in [4.69, 9.17) is 0 Å². The minimum atomic E-state index is 0.363. The van der Waals surface area contributed by atoms with Crippen LogP contribution in [-0.4, -0.2) is 0 Å². The van der Waals surface area contributed by atoms with Gasteiger partial charge in [0.25, 0.3) is 0 Å². The highest BCUT2D eigenvalue weighted by molar-refractivity contribution is 9.11. The third kappa shape index (κ3) is 1.65. The second kappa shape index (κ2) is 4.40. The third-order valence-corrected chi connectivity index (χ3v) is 4.82. The van der Waals surface area contributed by atoms with Crippen molar-refractivity contribution in [3.8, 4) is 11.1 Å². The summed E-state index contributed by atoms with van der Waals surface area (Å²) in [6.45, 7) is 4.32. The maximum absolute atomic E-state index is 3.79. The van der Waals surface area contributed by atoms with Crippen molar-refractivity contribution in [1.82, 2.24) is 0 Å². The molecule has 0 fully saturated rings. The standard InChI is InChI=1S/C17H15Br/c1-11(2)17(18)16-14-9-5-3-7-12(14)13-8-4-6-10-15(13)16/h3-10,16H,1-2H3. The number of rotatable bonds is 1. The van der Waals surface area contributed by atoms with Crippen molar-refractivity contribution in [2.75, 3.05) is 0 Å². The van der Waals surface area contributed by atoms with Crippen molar-refractivity contribution >= 4 is 15.9 Å². The van der Waals surface area contributed by atoms with Crippen LogP contribution in [0, 0.1) is 0 Å². The number of hydrogen-bond acceptors (Lipinski definition) is 0. The lowest BCUT2D eigenvalue weighted by Gasteiger charge is -2.14. The monoisotopic (exact) mass is 298 g/mol. The summed E-state index contributed by atoms with van der Waals surface area (Å²) in [6.07, 6.45) is 0. The fourth-order valence-electron chi connectivity index (χ4n) is 2.72. The summed E-state index contributed by atoms with van der Waals surface area (Å²) < 4.78 is 1.29. The Morgan fingerprint density at radius 2 is 1.28 bits per heavy atom. The van der Waals surface area contributed by atoms with Gasteiger partial charge in [0, 0.05) is 10.4 Å². The van der Waals surface area contributed by atoms with E-state index in [1.54, 1.807) is 0 Å². The molecule has 0 amide bonds. The van der Waals surface area contributed by atoms with Gasteiger partial charge in [0.1, 0.15) is 0 Å². The predicted octanol–water partition coefficient (Wildman–Crippen LogP) is 5.49. The summed E-state index contributed by atoms with van der Waals surface area (Å²) in [6, 6.07) is 17.4. The number of benzene rings is 2. The molecule has 18 heavy (non-hydrogen) atoms. The minimum Gasteiger partial charge on any atom is -0.0653 e. The molecule has 0 saturated heterocycles. The van der Waals surface area contributed by atoms with E-state index in [1.165, 1.54) is 32.3 Å². The molecule has 3 rings (SSSR count). The molecule has 0 aliphatic heterocycles. The van der Waals surface area contributed by atoms with E-state index in [0.717, 1.165) is 0 Å². The van der Waals surface area contributed by atoms with Crippen molar-refractivity contribution in [3.05, 3.63) is 69.7 Å². The lowest BCUT2D eigenvalue weighted by Crippen LogP contribution is -1.97. The Labute approximate surface area is 116 Å². The Morgan fingerprint density at radius 1 is 0.833 bits per heavy atom. The van der Waals surface area contributed by atoms with Crippen LogP contribution in [-0.2, 0) is 0 Å². The van der Waals surface area contributed by atoms with Gasteiger partial charge in [-0.3, -0.25) is 0 Å². The summed E-state index contributed by atoms with van der Waals surface area (Å²) >= 11 is 3.79. The molecule has 1 aliphatic carbocycles. The molecule has 0 spiro atoms. The molecule has 0 heterocycles. The van der Waals surface area contributed by atoms with E-state index in [2.05, 4.69) is 78.3 Å². The Balaban J connectivity index is 2.31. The highest BCUT2D eigenvalue weighted by Gasteiger charge is 2.29. The molecule has 0 saturated carbocycles. The summed E-state index contributed by atoms with van der Waals surface area (Å²) in [5.41, 5.74) is 6.90. The SMILES string of the molecule is CC(C)=C(Br)C1c2ccccc2-c2ccccc21. The van der Waals surface area contributed by atoms with Gasteiger partial charge in [0.05, 0.1) is 0 Å². The summed E-state index contributed by atoms with van der Waals surface area (Å²) in [4.78, 5) is 0. The summed E-state index contributed by atoms with van der Waals surface area (Å²) in [5.74, 6) is 0.363. The molecule has 1 aliphatic rings. The van der Waals surface area contributed by atoms with Gasteiger partial charge in [0.2, 0.25) is 0 Å². The quantitative estimate of drug-likeness (QED) is 0.653. The van der Waals surface area contributed by atoms with Gasteiger partial charge in [-0.05, 0) is 36.1 Å².